The highest BCUT2D eigenvalue weighted by Gasteiger charge is 2.30. The average Bonchev–Trinajstić information content (AvgIpc) is 2.80. The van der Waals surface area contributed by atoms with Gasteiger partial charge in [-0.05, 0) is 53.9 Å². The third kappa shape index (κ3) is 6.65. The third-order valence-electron chi connectivity index (χ3n) is 5.69. The van der Waals surface area contributed by atoms with Gasteiger partial charge in [-0.1, -0.05) is 42.5 Å². The number of alkyl halides is 3. The Morgan fingerprint density at radius 2 is 1.48 bits per heavy atom. The molecule has 3 aromatic carbocycles. The second-order valence-electron chi connectivity index (χ2n) is 8.18. The summed E-state index contributed by atoms with van der Waals surface area (Å²) in [4.78, 5) is 4.87. The lowest BCUT2D eigenvalue weighted by Gasteiger charge is -2.36. The number of nitrogens with zero attached hydrogens (tertiary/aromatic N) is 2. The first-order valence-electron chi connectivity index (χ1n) is 10.9. The molecule has 1 heterocycles. The zero-order valence-electron chi connectivity index (χ0n) is 18.5. The van der Waals surface area contributed by atoms with Crippen LogP contribution in [0.4, 0.5) is 18.9 Å². The Balaban J connectivity index is 1.27. The maximum Gasteiger partial charge on any atom is 0.573 e. The van der Waals surface area contributed by atoms with Crippen LogP contribution < -0.4 is 14.4 Å². The van der Waals surface area contributed by atoms with Gasteiger partial charge in [0.1, 0.15) is 18.1 Å². The van der Waals surface area contributed by atoms with E-state index in [-0.39, 0.29) is 12.4 Å². The molecule has 174 valence electrons. The number of rotatable bonds is 7. The number of piperazine rings is 1. The van der Waals surface area contributed by atoms with Crippen molar-refractivity contribution < 1.29 is 22.6 Å². The molecule has 0 radical (unpaired) electrons. The van der Waals surface area contributed by atoms with Crippen LogP contribution in [0.2, 0.25) is 0 Å². The molecule has 4 nitrogen and oxygen atoms in total. The lowest BCUT2D eigenvalue weighted by atomic mass is 10.1. The molecule has 4 rings (SSSR count). The first-order valence-corrected chi connectivity index (χ1v) is 10.9. The summed E-state index contributed by atoms with van der Waals surface area (Å²) >= 11 is 0. The molecular formula is C26H27F3N2O2. The summed E-state index contributed by atoms with van der Waals surface area (Å²) in [6.07, 6.45) is -4.69. The molecule has 0 aliphatic carbocycles. The molecule has 0 unspecified atom stereocenters. The molecule has 0 aromatic heterocycles. The van der Waals surface area contributed by atoms with Crippen molar-refractivity contribution in [2.75, 3.05) is 31.1 Å². The van der Waals surface area contributed by atoms with Crippen molar-refractivity contribution in [3.63, 3.8) is 0 Å². The summed E-state index contributed by atoms with van der Waals surface area (Å²) in [6, 6.07) is 22.4. The monoisotopic (exact) mass is 456 g/mol. The van der Waals surface area contributed by atoms with Crippen molar-refractivity contribution in [2.45, 2.75) is 26.4 Å². The van der Waals surface area contributed by atoms with Gasteiger partial charge in [-0.15, -0.1) is 13.2 Å². The Labute approximate surface area is 192 Å². The molecule has 1 fully saturated rings. The number of benzene rings is 3. The molecule has 7 heteroatoms. The number of ether oxygens (including phenoxy) is 2. The van der Waals surface area contributed by atoms with Crippen molar-refractivity contribution in [2.24, 2.45) is 0 Å². The van der Waals surface area contributed by atoms with E-state index in [4.69, 9.17) is 4.74 Å². The fourth-order valence-corrected chi connectivity index (χ4v) is 3.98. The number of aryl methyl sites for hydroxylation is 1. The predicted molar refractivity (Wildman–Crippen MR) is 123 cm³/mol. The zero-order valence-corrected chi connectivity index (χ0v) is 18.5. The molecule has 0 amide bonds. The van der Waals surface area contributed by atoms with Gasteiger partial charge in [0.05, 0.1) is 0 Å². The second kappa shape index (κ2) is 10.2. The first-order chi connectivity index (χ1) is 15.9. The maximum atomic E-state index is 12.3. The van der Waals surface area contributed by atoms with Crippen LogP contribution in [0.1, 0.15) is 16.7 Å². The van der Waals surface area contributed by atoms with Crippen LogP contribution in [0.15, 0.2) is 72.8 Å². The third-order valence-corrected chi connectivity index (χ3v) is 5.69. The molecule has 1 aliphatic rings. The summed E-state index contributed by atoms with van der Waals surface area (Å²) in [5, 5.41) is 0. The molecule has 0 spiro atoms. The summed E-state index contributed by atoms with van der Waals surface area (Å²) in [6.45, 7) is 7.22. The van der Waals surface area contributed by atoms with Crippen LogP contribution in [0.5, 0.6) is 11.5 Å². The quantitative estimate of drug-likeness (QED) is 0.449. The van der Waals surface area contributed by atoms with Crippen molar-refractivity contribution in [1.29, 1.82) is 0 Å². The molecular weight excluding hydrogens is 429 g/mol. The minimum absolute atomic E-state index is 0.239. The number of hydrogen-bond donors (Lipinski definition) is 0. The number of anilines is 1. The van der Waals surface area contributed by atoms with Crippen molar-refractivity contribution in [3.8, 4) is 11.5 Å². The summed E-state index contributed by atoms with van der Waals surface area (Å²) in [5.74, 6) is 0.527. The van der Waals surface area contributed by atoms with Gasteiger partial charge in [-0.2, -0.15) is 0 Å². The fraction of sp³-hybridized carbons (Fsp3) is 0.308. The van der Waals surface area contributed by atoms with Crippen LogP contribution in [-0.2, 0) is 13.2 Å². The highest BCUT2D eigenvalue weighted by atomic mass is 19.4. The van der Waals surface area contributed by atoms with Crippen molar-refractivity contribution in [3.05, 3.63) is 89.5 Å². The molecule has 0 bridgehead atoms. The van der Waals surface area contributed by atoms with Gasteiger partial charge in [0.15, 0.2) is 0 Å². The van der Waals surface area contributed by atoms with Crippen LogP contribution in [0, 0.1) is 6.92 Å². The smallest absolute Gasteiger partial charge is 0.489 e. The summed E-state index contributed by atoms with van der Waals surface area (Å²) in [5.41, 5.74) is 4.32. The number of halogens is 3. The molecule has 0 N–H and O–H groups in total. The topological polar surface area (TPSA) is 24.9 Å². The molecule has 1 aliphatic heterocycles. The van der Waals surface area contributed by atoms with E-state index >= 15 is 0 Å². The first kappa shape index (κ1) is 23.0. The van der Waals surface area contributed by atoms with Gasteiger partial charge >= 0.3 is 6.36 Å². The van der Waals surface area contributed by atoms with Gasteiger partial charge in [-0.25, -0.2) is 0 Å². The van der Waals surface area contributed by atoms with Gasteiger partial charge in [0, 0.05) is 38.4 Å². The van der Waals surface area contributed by atoms with E-state index in [9.17, 15) is 13.2 Å². The normalized spacial score (nSPS) is 14.8. The highest BCUT2D eigenvalue weighted by Crippen LogP contribution is 2.25. The van der Waals surface area contributed by atoms with E-state index < -0.39 is 6.36 Å². The van der Waals surface area contributed by atoms with Gasteiger partial charge in [0.2, 0.25) is 0 Å². The van der Waals surface area contributed by atoms with E-state index in [1.807, 2.05) is 19.1 Å². The average molecular weight is 457 g/mol. The summed E-state index contributed by atoms with van der Waals surface area (Å²) < 4.78 is 46.6. The number of hydrogen-bond acceptors (Lipinski definition) is 4. The predicted octanol–water partition coefficient (Wildman–Crippen LogP) is 5.79. The Hall–Kier alpha value is -3.19. The maximum absolute atomic E-state index is 12.3. The molecule has 1 saturated heterocycles. The summed E-state index contributed by atoms with van der Waals surface area (Å²) in [7, 11) is 0. The van der Waals surface area contributed by atoms with Gasteiger partial charge in [0.25, 0.3) is 0 Å². The lowest BCUT2D eigenvalue weighted by molar-refractivity contribution is -0.274. The van der Waals surface area contributed by atoms with Gasteiger partial charge in [-0.3, -0.25) is 4.90 Å². The lowest BCUT2D eigenvalue weighted by Crippen LogP contribution is -2.45. The van der Waals surface area contributed by atoms with Crippen molar-refractivity contribution >= 4 is 5.69 Å². The van der Waals surface area contributed by atoms with Crippen LogP contribution in [0.3, 0.4) is 0 Å². The van der Waals surface area contributed by atoms with Crippen LogP contribution >= 0.6 is 0 Å². The SMILES string of the molecule is Cc1cc(CN2CCN(c3ccccc3)CC2)ccc1OCc1ccc(OC(F)(F)F)cc1. The van der Waals surface area contributed by atoms with Crippen LogP contribution in [0.25, 0.3) is 0 Å². The van der Waals surface area contributed by atoms with Crippen LogP contribution in [-0.4, -0.2) is 37.4 Å². The highest BCUT2D eigenvalue weighted by molar-refractivity contribution is 5.46. The number of para-hydroxylation sites is 1. The van der Waals surface area contributed by atoms with E-state index in [1.165, 1.54) is 23.4 Å². The standard InChI is InChI=1S/C26H27F3N2O2/c1-20-17-22(18-30-13-15-31(16-14-30)23-5-3-2-4-6-23)9-12-25(20)32-19-21-7-10-24(11-8-21)33-26(27,28)29/h2-12,17H,13-16,18-19H2,1H3. The molecule has 3 aromatic rings. The molecule has 0 atom stereocenters. The minimum atomic E-state index is -4.69. The second-order valence-corrected chi connectivity index (χ2v) is 8.18. The minimum Gasteiger partial charge on any atom is -0.489 e. The van der Waals surface area contributed by atoms with E-state index in [0.29, 0.717) is 0 Å². The Kier molecular flexibility index (Phi) is 7.08. The molecule has 0 saturated carbocycles. The fourth-order valence-electron chi connectivity index (χ4n) is 3.98. The largest absolute Gasteiger partial charge is 0.573 e. The van der Waals surface area contributed by atoms with Crippen molar-refractivity contribution in [1.82, 2.24) is 4.90 Å². The van der Waals surface area contributed by atoms with E-state index in [2.05, 4.69) is 50.9 Å². The van der Waals surface area contributed by atoms with E-state index in [1.54, 1.807) is 12.1 Å². The van der Waals surface area contributed by atoms with E-state index in [0.717, 1.165) is 49.6 Å². The Bertz CT molecular complexity index is 1030. The Morgan fingerprint density at radius 3 is 2.12 bits per heavy atom. The zero-order chi connectivity index (χ0) is 23.3. The van der Waals surface area contributed by atoms with Gasteiger partial charge < -0.3 is 14.4 Å². The Morgan fingerprint density at radius 1 is 0.818 bits per heavy atom. The molecule has 33 heavy (non-hydrogen) atoms.